The molecule has 0 unspecified atom stereocenters. The molecule has 8 rings (SSSR count). The fourth-order valence-corrected chi connectivity index (χ4v) is 8.29. The molecule has 6 nitrogen and oxygen atoms in total. The summed E-state index contributed by atoms with van der Waals surface area (Å²) in [4.78, 5) is 4.71. The van der Waals surface area contributed by atoms with Crippen molar-refractivity contribution in [1.29, 1.82) is 0 Å². The number of hydrogen-bond donors (Lipinski definition) is 0. The lowest BCUT2D eigenvalue weighted by atomic mass is 9.90. The van der Waals surface area contributed by atoms with Crippen molar-refractivity contribution in [3.8, 4) is 23.0 Å². The average molecular weight is 825 g/mol. The van der Waals surface area contributed by atoms with Gasteiger partial charge in [-0.2, -0.15) is 0 Å². The minimum Gasteiger partial charge on any atom is -0.493 e. The van der Waals surface area contributed by atoms with Crippen LogP contribution in [-0.2, 0) is 0 Å². The lowest BCUT2D eigenvalue weighted by molar-refractivity contribution is 0.242. The second-order valence-corrected chi connectivity index (χ2v) is 16.9. The minimum absolute atomic E-state index is 0.0790. The van der Waals surface area contributed by atoms with Gasteiger partial charge in [-0.25, -0.2) is 0 Å². The van der Waals surface area contributed by atoms with Gasteiger partial charge in [0, 0.05) is 67.2 Å². The van der Waals surface area contributed by atoms with Gasteiger partial charge in [-0.05, 0) is 139 Å². The first-order valence-corrected chi connectivity index (χ1v) is 22.4. The molecule has 0 aromatic heterocycles. The fourth-order valence-electron chi connectivity index (χ4n) is 8.29. The maximum atomic E-state index is 6.82. The normalized spacial score (nSPS) is 11.6. The molecule has 318 valence electrons. The number of rotatable bonds is 18. The lowest BCUT2D eigenvalue weighted by Crippen LogP contribution is -2.13. The average Bonchev–Trinajstić information content (AvgIpc) is 3.26. The number of benzene rings is 8. The second-order valence-electron chi connectivity index (χ2n) is 16.9. The van der Waals surface area contributed by atoms with Crippen molar-refractivity contribution in [2.24, 2.45) is 0 Å². The van der Waals surface area contributed by atoms with E-state index in [0.29, 0.717) is 13.2 Å². The molecule has 0 bridgehead atoms. The van der Waals surface area contributed by atoms with E-state index in [9.17, 15) is 0 Å². The van der Waals surface area contributed by atoms with Gasteiger partial charge in [-0.1, -0.05) is 74.2 Å². The molecule has 0 heterocycles. The molecule has 0 aliphatic heterocycles. The largest absolute Gasteiger partial charge is 0.493 e. The number of nitrogens with zero attached hydrogens (tertiary/aromatic N) is 2. The van der Waals surface area contributed by atoms with Crippen LogP contribution in [0.5, 0.6) is 23.0 Å². The first-order valence-electron chi connectivity index (χ1n) is 22.4. The molecule has 0 aliphatic rings. The van der Waals surface area contributed by atoms with Crippen molar-refractivity contribution < 1.29 is 18.9 Å². The smallest absolute Gasteiger partial charge is 0.129 e. The molecule has 0 atom stereocenters. The summed E-state index contributed by atoms with van der Waals surface area (Å²) in [5.74, 6) is 3.41. The number of anilines is 6. The summed E-state index contributed by atoms with van der Waals surface area (Å²) in [7, 11) is 0. The van der Waals surface area contributed by atoms with Crippen LogP contribution in [0.1, 0.15) is 78.4 Å². The highest BCUT2D eigenvalue weighted by Crippen LogP contribution is 2.52. The van der Waals surface area contributed by atoms with Crippen molar-refractivity contribution in [2.75, 3.05) is 23.0 Å². The van der Waals surface area contributed by atoms with E-state index in [4.69, 9.17) is 18.9 Å². The van der Waals surface area contributed by atoms with Gasteiger partial charge < -0.3 is 28.7 Å². The van der Waals surface area contributed by atoms with Gasteiger partial charge in [0.15, 0.2) is 0 Å². The molecular weight excluding hydrogens is 765 g/mol. The van der Waals surface area contributed by atoms with Crippen LogP contribution in [0.25, 0.3) is 32.3 Å². The lowest BCUT2D eigenvalue weighted by Gasteiger charge is -2.31. The van der Waals surface area contributed by atoms with Gasteiger partial charge in [0.1, 0.15) is 23.0 Å². The van der Waals surface area contributed by atoms with Crippen molar-refractivity contribution >= 4 is 66.4 Å². The Morgan fingerprint density at radius 3 is 1.06 bits per heavy atom. The molecular formula is C56H60N2O4. The van der Waals surface area contributed by atoms with Crippen LogP contribution in [-0.4, -0.2) is 25.4 Å². The first kappa shape index (κ1) is 42.3. The summed E-state index contributed by atoms with van der Waals surface area (Å²) < 4.78 is 25.9. The molecule has 0 radical (unpaired) electrons. The Hall–Kier alpha value is -6.40. The molecule has 8 aromatic rings. The molecule has 0 saturated carbocycles. The van der Waals surface area contributed by atoms with Crippen molar-refractivity contribution in [3.05, 3.63) is 145 Å². The summed E-state index contributed by atoms with van der Waals surface area (Å²) in [5, 5.41) is 6.70. The van der Waals surface area contributed by atoms with E-state index in [0.717, 1.165) is 115 Å². The molecule has 0 saturated heterocycles. The fraction of sp³-hybridized carbons (Fsp3) is 0.286. The Bertz CT molecular complexity index is 2530. The zero-order valence-electron chi connectivity index (χ0n) is 37.6. The third-order valence-corrected chi connectivity index (χ3v) is 11.3. The van der Waals surface area contributed by atoms with Crippen molar-refractivity contribution in [1.82, 2.24) is 0 Å². The van der Waals surface area contributed by atoms with Crippen LogP contribution in [0.3, 0.4) is 0 Å². The van der Waals surface area contributed by atoms with E-state index < -0.39 is 0 Å². The second kappa shape index (κ2) is 18.7. The van der Waals surface area contributed by atoms with Gasteiger partial charge in [0.25, 0.3) is 0 Å². The monoisotopic (exact) mass is 824 g/mol. The Kier molecular flexibility index (Phi) is 12.8. The summed E-state index contributed by atoms with van der Waals surface area (Å²) in [6.45, 7) is 18.2. The predicted molar refractivity (Wildman–Crippen MR) is 261 cm³/mol. The summed E-state index contributed by atoms with van der Waals surface area (Å²) in [5.41, 5.74) is 8.65. The third kappa shape index (κ3) is 8.83. The van der Waals surface area contributed by atoms with Crippen LogP contribution in [0.15, 0.2) is 133 Å². The maximum absolute atomic E-state index is 6.82. The first-order chi connectivity index (χ1) is 30.1. The van der Waals surface area contributed by atoms with Crippen molar-refractivity contribution in [3.63, 3.8) is 0 Å². The van der Waals surface area contributed by atoms with Gasteiger partial charge in [0.2, 0.25) is 0 Å². The van der Waals surface area contributed by atoms with Gasteiger partial charge in [-0.3, -0.25) is 0 Å². The van der Waals surface area contributed by atoms with Crippen LogP contribution in [0.2, 0.25) is 0 Å². The standard InChI is InChI=1S/C56H60N2O4/c1-9-11-33-59-53-35-51(57(41-17-13-39(7)14-18-41)43-21-25-45(26-22-43)61-37(3)4)47-30-32-50-54(60-34-12-10-2)36-52(48-29-31-49(53)55(47)56(48)50)58(42-19-15-40(8)16-20-42)44-23-27-46(28-24-44)62-38(5)6/h13-32,35-38H,9-12,33-34H2,1-8H3. The molecule has 0 fully saturated rings. The molecule has 6 heteroatoms. The molecule has 62 heavy (non-hydrogen) atoms. The van der Waals surface area contributed by atoms with E-state index in [1.807, 2.05) is 0 Å². The minimum atomic E-state index is 0.0790. The van der Waals surface area contributed by atoms with E-state index in [1.54, 1.807) is 0 Å². The Labute approximate surface area is 367 Å². The molecule has 0 spiro atoms. The van der Waals surface area contributed by atoms with Crippen LogP contribution < -0.4 is 28.7 Å². The van der Waals surface area contributed by atoms with E-state index >= 15 is 0 Å². The number of unbranched alkanes of at least 4 members (excludes halogenated alkanes) is 2. The summed E-state index contributed by atoms with van der Waals surface area (Å²) in [6.07, 6.45) is 4.16. The topological polar surface area (TPSA) is 43.4 Å². The maximum Gasteiger partial charge on any atom is 0.129 e. The van der Waals surface area contributed by atoms with Crippen LogP contribution >= 0.6 is 0 Å². The van der Waals surface area contributed by atoms with E-state index in [-0.39, 0.29) is 12.2 Å². The quantitative estimate of drug-likeness (QED) is 0.0634. The van der Waals surface area contributed by atoms with Crippen LogP contribution in [0.4, 0.5) is 34.1 Å². The number of aryl methyl sites for hydroxylation is 2. The number of ether oxygens (including phenoxy) is 4. The summed E-state index contributed by atoms with van der Waals surface area (Å²) in [6, 6.07) is 48.0. The molecule has 8 aromatic carbocycles. The Morgan fingerprint density at radius 1 is 0.419 bits per heavy atom. The third-order valence-electron chi connectivity index (χ3n) is 11.3. The molecule has 0 amide bonds. The molecule has 0 aliphatic carbocycles. The van der Waals surface area contributed by atoms with Crippen molar-refractivity contribution in [2.45, 2.75) is 93.3 Å². The summed E-state index contributed by atoms with van der Waals surface area (Å²) >= 11 is 0. The van der Waals surface area contributed by atoms with Gasteiger partial charge in [-0.15, -0.1) is 0 Å². The highest BCUT2D eigenvalue weighted by molar-refractivity contribution is 6.30. The predicted octanol–water partition coefficient (Wildman–Crippen LogP) is 16.1. The Morgan fingerprint density at radius 2 is 0.742 bits per heavy atom. The highest BCUT2D eigenvalue weighted by atomic mass is 16.5. The Balaban J connectivity index is 1.44. The van der Waals surface area contributed by atoms with E-state index in [2.05, 4.69) is 199 Å². The molecule has 0 N–H and O–H groups in total. The van der Waals surface area contributed by atoms with Gasteiger partial charge in [0.05, 0.1) is 36.8 Å². The van der Waals surface area contributed by atoms with E-state index in [1.165, 1.54) is 11.1 Å². The number of hydrogen-bond acceptors (Lipinski definition) is 6. The zero-order chi connectivity index (χ0) is 43.3. The SMILES string of the molecule is CCCCOc1cc(N(c2ccc(C)cc2)c2ccc(OC(C)C)cc2)c2ccc3c(OCCCC)cc(N(c4ccc(C)cc4)c4ccc(OC(C)C)cc4)c4ccc1c2c34. The van der Waals surface area contributed by atoms with Crippen LogP contribution in [0, 0.1) is 13.8 Å². The highest BCUT2D eigenvalue weighted by Gasteiger charge is 2.26. The van der Waals surface area contributed by atoms with Gasteiger partial charge >= 0.3 is 0 Å². The zero-order valence-corrected chi connectivity index (χ0v) is 37.6.